The highest BCUT2D eigenvalue weighted by atomic mass is 32.1. The topological polar surface area (TPSA) is 133 Å². The Morgan fingerprint density at radius 3 is 2.25 bits per heavy atom. The molecular weight excluding hydrogens is 353 g/mol. The van der Waals surface area contributed by atoms with Crippen LogP contribution in [-0.4, -0.2) is 32.6 Å². The van der Waals surface area contributed by atoms with Crippen molar-refractivity contribution in [2.45, 2.75) is 19.1 Å². The molecule has 0 aliphatic heterocycles. The summed E-state index contributed by atoms with van der Waals surface area (Å²) in [5.41, 5.74) is 6.37. The predicted molar refractivity (Wildman–Crippen MR) is 73.3 cm³/mol. The summed E-state index contributed by atoms with van der Waals surface area (Å²) in [4.78, 5) is 23.3. The van der Waals surface area contributed by atoms with Crippen LogP contribution in [0, 0.1) is 0 Å². The van der Waals surface area contributed by atoms with Crippen molar-refractivity contribution in [3.05, 3.63) is 24.5 Å². The smallest absolute Gasteiger partial charge is 0.430 e. The van der Waals surface area contributed by atoms with Gasteiger partial charge in [-0.1, -0.05) is 0 Å². The number of aliphatic carboxylic acids is 2. The van der Waals surface area contributed by atoms with E-state index in [1.807, 2.05) is 29.1 Å². The summed E-state index contributed by atoms with van der Waals surface area (Å²) in [5, 5.41) is 18.1. The Hall–Kier alpha value is -2.76. The third kappa shape index (κ3) is 6.56. The Balaban J connectivity index is 0.000000351. The Morgan fingerprint density at radius 1 is 1.33 bits per heavy atom. The molecule has 0 aliphatic carbocycles. The SMILES string of the molecule is Nc1nsc(-c2cc[n+](CCC(=O)O)cc2)n1.O=C([O-])C(F)(F)F. The highest BCUT2D eigenvalue weighted by Crippen LogP contribution is 2.20. The Kier molecular flexibility index (Phi) is 6.58. The fourth-order valence-electron chi connectivity index (χ4n) is 1.33. The number of carboxylic acid groups (broad SMARTS) is 2. The fourth-order valence-corrected chi connectivity index (χ4v) is 1.92. The van der Waals surface area contributed by atoms with Gasteiger partial charge in [-0.2, -0.15) is 22.5 Å². The minimum absolute atomic E-state index is 0.107. The van der Waals surface area contributed by atoms with Crippen LogP contribution >= 0.6 is 11.5 Å². The van der Waals surface area contributed by atoms with Gasteiger partial charge in [-0.05, 0) is 11.5 Å². The highest BCUT2D eigenvalue weighted by molar-refractivity contribution is 7.09. The van der Waals surface area contributed by atoms with Gasteiger partial charge in [-0.15, -0.1) is 0 Å². The standard InChI is InChI=1S/C10H10N4O2S.C2HF3O2/c11-10-12-9(17-13-10)7-1-4-14(5-2-7)6-3-8(15)16;3-2(4,5)1(6)7/h1-2,4-5H,3,6H2,(H2-,11,13,15,16);(H,6,7). The molecule has 2 aromatic rings. The van der Waals surface area contributed by atoms with Crippen LogP contribution in [0.25, 0.3) is 10.6 Å². The molecule has 130 valence electrons. The number of aryl methyl sites for hydroxylation is 1. The number of halogens is 3. The van der Waals surface area contributed by atoms with Crippen molar-refractivity contribution in [3.8, 4) is 10.6 Å². The molecule has 0 aromatic carbocycles. The van der Waals surface area contributed by atoms with Gasteiger partial charge in [-0.3, -0.25) is 4.79 Å². The Bertz CT molecular complexity index is 703. The van der Waals surface area contributed by atoms with E-state index in [4.69, 9.17) is 20.7 Å². The molecule has 0 atom stereocenters. The average molecular weight is 364 g/mol. The maximum absolute atomic E-state index is 10.5. The van der Waals surface area contributed by atoms with E-state index in [0.29, 0.717) is 6.54 Å². The summed E-state index contributed by atoms with van der Waals surface area (Å²) in [6.45, 7) is 0.452. The molecule has 2 aromatic heterocycles. The summed E-state index contributed by atoms with van der Waals surface area (Å²) >= 11 is 1.24. The number of hydrogen-bond donors (Lipinski definition) is 2. The van der Waals surface area contributed by atoms with Gasteiger partial charge in [0.05, 0.1) is 0 Å². The number of nitrogen functional groups attached to an aromatic ring is 1. The van der Waals surface area contributed by atoms with Crippen molar-refractivity contribution in [2.24, 2.45) is 0 Å². The molecule has 0 aliphatic rings. The van der Waals surface area contributed by atoms with E-state index in [9.17, 15) is 18.0 Å². The molecule has 2 rings (SSSR count). The van der Waals surface area contributed by atoms with Crippen molar-refractivity contribution < 1.29 is 37.5 Å². The van der Waals surface area contributed by atoms with E-state index in [-0.39, 0.29) is 12.4 Å². The fraction of sp³-hybridized carbons (Fsp3) is 0.250. The second-order valence-corrected chi connectivity index (χ2v) is 4.96. The van der Waals surface area contributed by atoms with Gasteiger partial charge < -0.3 is 20.7 Å². The summed E-state index contributed by atoms with van der Waals surface area (Å²) in [7, 11) is 0. The molecule has 0 unspecified atom stereocenters. The lowest BCUT2D eigenvalue weighted by atomic mass is 10.3. The molecule has 24 heavy (non-hydrogen) atoms. The quantitative estimate of drug-likeness (QED) is 0.721. The monoisotopic (exact) mass is 364 g/mol. The zero-order chi connectivity index (χ0) is 18.3. The first kappa shape index (κ1) is 19.3. The largest absolute Gasteiger partial charge is 0.542 e. The van der Waals surface area contributed by atoms with Crippen LogP contribution in [-0.2, 0) is 16.1 Å². The first-order chi connectivity index (χ1) is 11.1. The van der Waals surface area contributed by atoms with Gasteiger partial charge in [0.25, 0.3) is 0 Å². The second-order valence-electron chi connectivity index (χ2n) is 4.21. The van der Waals surface area contributed by atoms with Gasteiger partial charge in [0.2, 0.25) is 5.95 Å². The lowest BCUT2D eigenvalue weighted by Crippen LogP contribution is -2.37. The van der Waals surface area contributed by atoms with E-state index >= 15 is 0 Å². The first-order valence-corrected chi connectivity index (χ1v) is 6.95. The first-order valence-electron chi connectivity index (χ1n) is 6.18. The number of carbonyl (C=O) groups excluding carboxylic acids is 1. The maximum atomic E-state index is 10.5. The molecule has 8 nitrogen and oxygen atoms in total. The van der Waals surface area contributed by atoms with Crippen LogP contribution in [0.2, 0.25) is 0 Å². The number of pyridine rings is 1. The molecule has 0 radical (unpaired) electrons. The van der Waals surface area contributed by atoms with Crippen LogP contribution in [0.3, 0.4) is 0 Å². The minimum atomic E-state index is -5.19. The average Bonchev–Trinajstić information content (AvgIpc) is 2.92. The van der Waals surface area contributed by atoms with Crippen LogP contribution in [0.15, 0.2) is 24.5 Å². The van der Waals surface area contributed by atoms with Crippen LogP contribution in [0.4, 0.5) is 19.1 Å². The number of nitrogens with zero attached hydrogens (tertiary/aromatic N) is 3. The normalized spacial score (nSPS) is 10.6. The van der Waals surface area contributed by atoms with Crippen LogP contribution < -0.4 is 15.4 Å². The molecule has 12 heteroatoms. The van der Waals surface area contributed by atoms with E-state index in [1.54, 1.807) is 0 Å². The van der Waals surface area contributed by atoms with Crippen molar-refractivity contribution in [2.75, 3.05) is 5.73 Å². The summed E-state index contributed by atoms with van der Waals surface area (Å²) in [5.74, 6) is -3.54. The number of carboxylic acids is 2. The number of nitrogens with two attached hydrogens (primary N) is 1. The number of rotatable bonds is 4. The Morgan fingerprint density at radius 2 is 1.88 bits per heavy atom. The number of alkyl halides is 3. The molecule has 0 saturated carbocycles. The van der Waals surface area contributed by atoms with E-state index < -0.39 is 18.1 Å². The third-order valence-electron chi connectivity index (χ3n) is 2.40. The van der Waals surface area contributed by atoms with Crippen molar-refractivity contribution in [3.63, 3.8) is 0 Å². The third-order valence-corrected chi connectivity index (χ3v) is 3.17. The van der Waals surface area contributed by atoms with Gasteiger partial charge in [0.15, 0.2) is 18.9 Å². The van der Waals surface area contributed by atoms with E-state index in [0.717, 1.165) is 10.6 Å². The molecule has 2 heterocycles. The van der Waals surface area contributed by atoms with Gasteiger partial charge >= 0.3 is 12.1 Å². The van der Waals surface area contributed by atoms with E-state index in [1.165, 1.54) is 11.5 Å². The molecule has 0 bridgehead atoms. The molecule has 0 saturated heterocycles. The molecule has 0 amide bonds. The lowest BCUT2D eigenvalue weighted by Gasteiger charge is -2.03. The van der Waals surface area contributed by atoms with E-state index in [2.05, 4.69) is 9.36 Å². The molecular formula is C12H11F3N4O4S. The van der Waals surface area contributed by atoms with Crippen molar-refractivity contribution >= 4 is 29.4 Å². The predicted octanol–water partition coefficient (Wildman–Crippen LogP) is -0.152. The zero-order valence-electron chi connectivity index (χ0n) is 11.9. The highest BCUT2D eigenvalue weighted by Gasteiger charge is 2.28. The van der Waals surface area contributed by atoms with Crippen LogP contribution in [0.5, 0.6) is 0 Å². The van der Waals surface area contributed by atoms with Crippen molar-refractivity contribution in [1.82, 2.24) is 9.36 Å². The zero-order valence-corrected chi connectivity index (χ0v) is 12.7. The Labute approximate surface area is 137 Å². The van der Waals surface area contributed by atoms with Crippen molar-refractivity contribution in [1.29, 1.82) is 0 Å². The summed E-state index contributed by atoms with van der Waals surface area (Å²) in [6, 6.07) is 3.73. The van der Waals surface area contributed by atoms with Gasteiger partial charge in [0, 0.05) is 17.7 Å². The molecule has 0 fully saturated rings. The van der Waals surface area contributed by atoms with Gasteiger partial charge in [-0.25, -0.2) is 4.57 Å². The summed E-state index contributed by atoms with van der Waals surface area (Å²) < 4.78 is 37.3. The van der Waals surface area contributed by atoms with Gasteiger partial charge in [0.1, 0.15) is 17.4 Å². The number of carbonyl (C=O) groups is 2. The second kappa shape index (κ2) is 8.19. The maximum Gasteiger partial charge on any atom is 0.430 e. The number of hydrogen-bond acceptors (Lipinski definition) is 7. The number of aromatic nitrogens is 3. The number of anilines is 1. The lowest BCUT2D eigenvalue weighted by molar-refractivity contribution is -0.695. The molecule has 0 spiro atoms. The minimum Gasteiger partial charge on any atom is -0.542 e. The molecule has 3 N–H and O–H groups in total. The summed E-state index contributed by atoms with van der Waals surface area (Å²) in [6.07, 6.45) is -1.46. The van der Waals surface area contributed by atoms with Crippen LogP contribution in [0.1, 0.15) is 6.42 Å².